The van der Waals surface area contributed by atoms with E-state index in [0.29, 0.717) is 42.1 Å². The maximum Gasteiger partial charge on any atom is 0.309 e. The zero-order chi connectivity index (χ0) is 24.9. The van der Waals surface area contributed by atoms with Crippen molar-refractivity contribution >= 4 is 34.1 Å². The van der Waals surface area contributed by atoms with Crippen molar-refractivity contribution in [1.29, 1.82) is 5.26 Å². The lowest BCUT2D eigenvalue weighted by molar-refractivity contribution is -0.158. The smallest absolute Gasteiger partial charge is 0.309 e. The van der Waals surface area contributed by atoms with Gasteiger partial charge in [-0.1, -0.05) is 6.42 Å². The summed E-state index contributed by atoms with van der Waals surface area (Å²) in [5.74, 6) is -1.94. The molecule has 1 aliphatic heterocycles. The summed E-state index contributed by atoms with van der Waals surface area (Å²) in [6.45, 7) is 2.27. The molecule has 9 heteroatoms. The fourth-order valence-electron chi connectivity index (χ4n) is 4.58. The topological polar surface area (TPSA) is 99.5 Å². The number of hydrogen-bond acceptors (Lipinski definition) is 6. The minimum absolute atomic E-state index is 0.202. The number of likely N-dealkylation sites (tertiary alicyclic amines) is 1. The zero-order valence-electron chi connectivity index (χ0n) is 19.6. The molecule has 7 nitrogen and oxygen atoms in total. The number of nitriles is 1. The van der Waals surface area contributed by atoms with E-state index in [-0.39, 0.29) is 5.91 Å². The summed E-state index contributed by atoms with van der Waals surface area (Å²) in [6.07, 6.45) is 4.86. The van der Waals surface area contributed by atoms with Crippen LogP contribution in [0.2, 0.25) is 0 Å². The predicted molar refractivity (Wildman–Crippen MR) is 130 cm³/mol. The molecule has 184 valence electrons. The first-order chi connectivity index (χ1) is 16.9. The van der Waals surface area contributed by atoms with Crippen LogP contribution in [0.5, 0.6) is 0 Å². The molecule has 1 atom stereocenters. The minimum atomic E-state index is -1.00. The summed E-state index contributed by atoms with van der Waals surface area (Å²) >= 11 is 1.44. The molecular formula is C26H28FN3O4S. The number of carbonyl (C=O) groups excluding carboxylic acids is 3. The fraction of sp³-hybridized carbons (Fsp3) is 0.462. The number of benzene rings is 1. The first kappa shape index (κ1) is 24.9. The van der Waals surface area contributed by atoms with E-state index in [1.54, 1.807) is 4.90 Å². The summed E-state index contributed by atoms with van der Waals surface area (Å²) in [5, 5.41) is 13.0. The van der Waals surface area contributed by atoms with Crippen LogP contribution in [0.15, 0.2) is 24.3 Å². The van der Waals surface area contributed by atoms with E-state index in [0.717, 1.165) is 42.5 Å². The molecule has 2 aromatic rings. The van der Waals surface area contributed by atoms with E-state index < -0.39 is 29.7 Å². The van der Waals surface area contributed by atoms with Crippen LogP contribution in [-0.4, -0.2) is 41.9 Å². The Morgan fingerprint density at radius 3 is 2.51 bits per heavy atom. The Labute approximate surface area is 207 Å². The van der Waals surface area contributed by atoms with Crippen LogP contribution in [-0.2, 0) is 27.2 Å². The molecule has 1 aromatic heterocycles. The van der Waals surface area contributed by atoms with E-state index in [9.17, 15) is 24.0 Å². The Hall–Kier alpha value is -3.25. The van der Waals surface area contributed by atoms with Crippen molar-refractivity contribution in [2.45, 2.75) is 58.0 Å². The number of nitrogens with zero attached hydrogens (tertiary/aromatic N) is 2. The second kappa shape index (κ2) is 11.0. The van der Waals surface area contributed by atoms with Crippen LogP contribution in [0.4, 0.5) is 9.39 Å². The lowest BCUT2D eigenvalue weighted by atomic mass is 9.96. The molecule has 1 saturated heterocycles. The quantitative estimate of drug-likeness (QED) is 0.486. The van der Waals surface area contributed by atoms with Gasteiger partial charge in [-0.3, -0.25) is 14.4 Å². The molecule has 2 heterocycles. The molecule has 1 fully saturated rings. The van der Waals surface area contributed by atoms with Crippen molar-refractivity contribution in [1.82, 2.24) is 4.90 Å². The third kappa shape index (κ3) is 5.70. The molecule has 2 amide bonds. The molecular weight excluding hydrogens is 469 g/mol. The number of piperidine rings is 1. The van der Waals surface area contributed by atoms with Gasteiger partial charge >= 0.3 is 5.97 Å². The number of fused-ring (bicyclic) bond motifs is 1. The van der Waals surface area contributed by atoms with Crippen LogP contribution in [0.25, 0.3) is 0 Å². The van der Waals surface area contributed by atoms with Crippen LogP contribution < -0.4 is 5.32 Å². The molecule has 1 N–H and O–H groups in total. The highest BCUT2D eigenvalue weighted by molar-refractivity contribution is 7.16. The Balaban J connectivity index is 1.29. The Kier molecular flexibility index (Phi) is 7.81. The summed E-state index contributed by atoms with van der Waals surface area (Å²) in [6, 6.07) is 7.62. The molecule has 35 heavy (non-hydrogen) atoms. The molecule has 4 rings (SSSR count). The van der Waals surface area contributed by atoms with Gasteiger partial charge in [0.15, 0.2) is 6.10 Å². The maximum atomic E-state index is 13.1. The standard InChI is InChI=1S/C26H28FN3O4S/c1-16(23(31)29-24-21(15-28)20-5-3-2-4-6-22(20)35-24)34-26(33)18-11-13-30(14-12-18)25(32)17-7-9-19(27)10-8-17/h7-10,16,18H,2-6,11-14H2,1H3,(H,29,31). The van der Waals surface area contributed by atoms with Gasteiger partial charge in [0, 0.05) is 23.5 Å². The van der Waals surface area contributed by atoms with Crippen molar-refractivity contribution in [3.8, 4) is 6.07 Å². The maximum absolute atomic E-state index is 13.1. The third-order valence-electron chi connectivity index (χ3n) is 6.64. The minimum Gasteiger partial charge on any atom is -0.452 e. The average Bonchev–Trinajstić information content (AvgIpc) is 3.02. The zero-order valence-corrected chi connectivity index (χ0v) is 20.5. The van der Waals surface area contributed by atoms with E-state index in [4.69, 9.17) is 4.74 Å². The van der Waals surface area contributed by atoms with Gasteiger partial charge in [0.2, 0.25) is 0 Å². The van der Waals surface area contributed by atoms with Crippen molar-refractivity contribution < 1.29 is 23.5 Å². The second-order valence-corrected chi connectivity index (χ2v) is 10.1. The lowest BCUT2D eigenvalue weighted by Crippen LogP contribution is -2.41. The van der Waals surface area contributed by atoms with Crippen molar-refractivity contribution in [3.05, 3.63) is 51.7 Å². The molecule has 1 aliphatic carbocycles. The number of anilines is 1. The van der Waals surface area contributed by atoms with E-state index in [1.165, 1.54) is 42.5 Å². The normalized spacial score (nSPS) is 17.0. The highest BCUT2D eigenvalue weighted by Crippen LogP contribution is 2.37. The first-order valence-corrected chi connectivity index (χ1v) is 12.8. The number of rotatable bonds is 5. The predicted octanol–water partition coefficient (Wildman–Crippen LogP) is 4.45. The third-order valence-corrected chi connectivity index (χ3v) is 7.85. The Morgan fingerprint density at radius 1 is 1.14 bits per heavy atom. The van der Waals surface area contributed by atoms with Crippen LogP contribution in [0.1, 0.15) is 65.4 Å². The van der Waals surface area contributed by atoms with Gasteiger partial charge in [-0.15, -0.1) is 11.3 Å². The molecule has 1 aromatic carbocycles. The van der Waals surface area contributed by atoms with Gasteiger partial charge in [-0.25, -0.2) is 4.39 Å². The number of hydrogen-bond donors (Lipinski definition) is 1. The van der Waals surface area contributed by atoms with Gasteiger partial charge in [-0.05, 0) is 75.3 Å². The first-order valence-electron chi connectivity index (χ1n) is 12.0. The van der Waals surface area contributed by atoms with Gasteiger partial charge in [0.05, 0.1) is 11.5 Å². The van der Waals surface area contributed by atoms with Crippen molar-refractivity contribution in [3.63, 3.8) is 0 Å². The summed E-state index contributed by atoms with van der Waals surface area (Å²) in [7, 11) is 0. The summed E-state index contributed by atoms with van der Waals surface area (Å²) in [4.78, 5) is 40.8. The monoisotopic (exact) mass is 497 g/mol. The number of thiophene rings is 1. The molecule has 2 aliphatic rings. The molecule has 0 bridgehead atoms. The SMILES string of the molecule is CC(OC(=O)C1CCN(C(=O)c2ccc(F)cc2)CC1)C(=O)Nc1sc2c(c1C#N)CCCCC2. The molecule has 1 unspecified atom stereocenters. The number of aryl methyl sites for hydroxylation is 1. The second-order valence-electron chi connectivity index (χ2n) is 9.02. The molecule has 0 radical (unpaired) electrons. The average molecular weight is 498 g/mol. The summed E-state index contributed by atoms with van der Waals surface area (Å²) < 4.78 is 18.5. The number of carbonyl (C=O) groups is 3. The van der Waals surface area contributed by atoms with Crippen LogP contribution >= 0.6 is 11.3 Å². The Morgan fingerprint density at radius 2 is 1.83 bits per heavy atom. The van der Waals surface area contributed by atoms with Crippen molar-refractivity contribution in [2.75, 3.05) is 18.4 Å². The van der Waals surface area contributed by atoms with Gasteiger partial charge in [0.1, 0.15) is 16.9 Å². The fourth-order valence-corrected chi connectivity index (χ4v) is 5.82. The molecule has 0 spiro atoms. The number of halogens is 1. The molecule has 0 saturated carbocycles. The van der Waals surface area contributed by atoms with Gasteiger partial charge in [-0.2, -0.15) is 5.26 Å². The highest BCUT2D eigenvalue weighted by atomic mass is 32.1. The van der Waals surface area contributed by atoms with Crippen LogP contribution in [0, 0.1) is 23.1 Å². The van der Waals surface area contributed by atoms with E-state index >= 15 is 0 Å². The number of ether oxygens (including phenoxy) is 1. The van der Waals surface area contributed by atoms with Gasteiger partial charge < -0.3 is 15.0 Å². The lowest BCUT2D eigenvalue weighted by Gasteiger charge is -2.31. The van der Waals surface area contributed by atoms with Gasteiger partial charge in [0.25, 0.3) is 11.8 Å². The largest absolute Gasteiger partial charge is 0.452 e. The number of nitrogens with one attached hydrogen (secondary N) is 1. The van der Waals surface area contributed by atoms with E-state index in [2.05, 4.69) is 11.4 Å². The highest BCUT2D eigenvalue weighted by Gasteiger charge is 2.31. The Bertz CT molecular complexity index is 1150. The van der Waals surface area contributed by atoms with E-state index in [1.807, 2.05) is 0 Å². The van der Waals surface area contributed by atoms with Crippen molar-refractivity contribution in [2.24, 2.45) is 5.92 Å². The van der Waals surface area contributed by atoms with Crippen LogP contribution in [0.3, 0.4) is 0 Å². The number of esters is 1. The summed E-state index contributed by atoms with van der Waals surface area (Å²) in [5.41, 5.74) is 1.97. The number of amides is 2.